The minimum absolute atomic E-state index is 0.178. The summed E-state index contributed by atoms with van der Waals surface area (Å²) >= 11 is 6.19. The summed E-state index contributed by atoms with van der Waals surface area (Å²) in [5, 5.41) is 4.43. The zero-order valence-electron chi connectivity index (χ0n) is 12.3. The van der Waals surface area contributed by atoms with Crippen molar-refractivity contribution in [3.8, 4) is 5.75 Å². The highest BCUT2D eigenvalue weighted by molar-refractivity contribution is 6.30. The second kappa shape index (κ2) is 5.21. The van der Waals surface area contributed by atoms with E-state index in [1.807, 2.05) is 12.1 Å². The van der Waals surface area contributed by atoms with Gasteiger partial charge in [-0.3, -0.25) is 0 Å². The van der Waals surface area contributed by atoms with Crippen LogP contribution in [0.25, 0.3) is 0 Å². The van der Waals surface area contributed by atoms with Crippen LogP contribution in [0.1, 0.15) is 31.4 Å². The quantitative estimate of drug-likeness (QED) is 0.925. The van der Waals surface area contributed by atoms with E-state index in [2.05, 4.69) is 19.2 Å². The van der Waals surface area contributed by atoms with Crippen molar-refractivity contribution >= 4 is 11.6 Å². The molecular weight excluding hydrogens is 274 g/mol. The Bertz CT molecular complexity index is 515. The largest absolute Gasteiger partial charge is 0.493 e. The molecule has 0 bridgehead atoms. The molecule has 1 aromatic carbocycles. The summed E-state index contributed by atoms with van der Waals surface area (Å²) in [7, 11) is 1.79. The van der Waals surface area contributed by atoms with Gasteiger partial charge in [0.05, 0.1) is 12.7 Å². The van der Waals surface area contributed by atoms with Crippen LogP contribution in [0.5, 0.6) is 5.75 Å². The molecule has 0 spiro atoms. The predicted molar refractivity (Wildman–Crippen MR) is 80.5 cm³/mol. The van der Waals surface area contributed by atoms with Gasteiger partial charge in [0, 0.05) is 42.1 Å². The number of methoxy groups -OCH3 is 1. The Morgan fingerprint density at radius 1 is 1.45 bits per heavy atom. The van der Waals surface area contributed by atoms with Crippen molar-refractivity contribution in [2.45, 2.75) is 45.4 Å². The Kier molecular flexibility index (Phi) is 3.69. The Morgan fingerprint density at radius 3 is 2.95 bits per heavy atom. The van der Waals surface area contributed by atoms with Crippen molar-refractivity contribution in [2.24, 2.45) is 5.41 Å². The molecule has 0 aromatic heterocycles. The summed E-state index contributed by atoms with van der Waals surface area (Å²) < 4.78 is 11.2. The summed E-state index contributed by atoms with van der Waals surface area (Å²) in [5.74, 6) is 1.03. The number of hydrogen-bond acceptors (Lipinski definition) is 3. The molecule has 20 heavy (non-hydrogen) atoms. The van der Waals surface area contributed by atoms with E-state index >= 15 is 0 Å². The highest BCUT2D eigenvalue weighted by Gasteiger charge is 2.48. The molecule has 1 N–H and O–H groups in total. The molecule has 3 nitrogen and oxygen atoms in total. The lowest BCUT2D eigenvalue weighted by Gasteiger charge is -2.51. The zero-order chi connectivity index (χ0) is 14.3. The van der Waals surface area contributed by atoms with E-state index in [-0.39, 0.29) is 5.41 Å². The summed E-state index contributed by atoms with van der Waals surface area (Å²) in [5.41, 5.74) is 2.58. The first-order valence-electron chi connectivity index (χ1n) is 7.22. The average Bonchev–Trinajstić information content (AvgIpc) is 2.85. The van der Waals surface area contributed by atoms with Crippen LogP contribution in [0.3, 0.4) is 0 Å². The minimum Gasteiger partial charge on any atom is -0.493 e. The van der Waals surface area contributed by atoms with Gasteiger partial charge in [-0.15, -0.1) is 0 Å². The van der Waals surface area contributed by atoms with E-state index in [9.17, 15) is 0 Å². The Hall–Kier alpha value is -0.770. The number of rotatable bonds is 4. The lowest BCUT2D eigenvalue weighted by Crippen LogP contribution is -2.60. The Balaban J connectivity index is 1.68. The third-order valence-electron chi connectivity index (χ3n) is 4.83. The van der Waals surface area contributed by atoms with Gasteiger partial charge in [-0.1, -0.05) is 25.4 Å². The van der Waals surface area contributed by atoms with Crippen LogP contribution in [0, 0.1) is 5.41 Å². The number of benzene rings is 1. The molecule has 0 amide bonds. The smallest absolute Gasteiger partial charge is 0.127 e. The minimum atomic E-state index is 0.178. The lowest BCUT2D eigenvalue weighted by molar-refractivity contribution is -0.0979. The van der Waals surface area contributed by atoms with E-state index in [0.717, 1.165) is 36.8 Å². The van der Waals surface area contributed by atoms with Crippen LogP contribution >= 0.6 is 11.6 Å². The highest BCUT2D eigenvalue weighted by Crippen LogP contribution is 2.43. The third-order valence-corrected chi connectivity index (χ3v) is 5.04. The van der Waals surface area contributed by atoms with Crippen LogP contribution in [-0.2, 0) is 17.7 Å². The van der Waals surface area contributed by atoms with Crippen molar-refractivity contribution in [1.82, 2.24) is 5.32 Å². The second-order valence-electron chi connectivity index (χ2n) is 6.37. The van der Waals surface area contributed by atoms with Crippen molar-refractivity contribution in [3.63, 3.8) is 0 Å². The van der Waals surface area contributed by atoms with Gasteiger partial charge in [0.1, 0.15) is 5.75 Å². The molecule has 0 saturated heterocycles. The van der Waals surface area contributed by atoms with Crippen LogP contribution in [0.15, 0.2) is 12.1 Å². The Morgan fingerprint density at radius 2 is 2.25 bits per heavy atom. The van der Waals surface area contributed by atoms with Gasteiger partial charge < -0.3 is 14.8 Å². The van der Waals surface area contributed by atoms with E-state index in [1.165, 1.54) is 11.1 Å². The first-order valence-corrected chi connectivity index (χ1v) is 7.60. The molecule has 1 aliphatic carbocycles. The predicted octanol–water partition coefficient (Wildman–Crippen LogP) is 3.18. The average molecular weight is 296 g/mol. The van der Waals surface area contributed by atoms with Gasteiger partial charge in [0.25, 0.3) is 0 Å². The van der Waals surface area contributed by atoms with Crippen LogP contribution in [0.4, 0.5) is 0 Å². The van der Waals surface area contributed by atoms with Gasteiger partial charge in [0.15, 0.2) is 0 Å². The fraction of sp³-hybridized carbons (Fsp3) is 0.625. The molecule has 2 aliphatic rings. The molecule has 1 aliphatic heterocycles. The first-order chi connectivity index (χ1) is 9.52. The SMILES string of the molecule is COC1CC(NCc2cc(Cl)cc3c2OCC3)C1(C)C. The fourth-order valence-electron chi connectivity index (χ4n) is 3.34. The number of nitrogens with one attached hydrogen (secondary N) is 1. The number of halogens is 1. The molecule has 1 fully saturated rings. The van der Waals surface area contributed by atoms with Crippen molar-refractivity contribution in [2.75, 3.05) is 13.7 Å². The molecule has 2 unspecified atom stereocenters. The summed E-state index contributed by atoms with van der Waals surface area (Å²) in [6, 6.07) is 4.50. The standard InChI is InChI=1S/C16H22ClNO2/c1-16(2)13(8-14(16)19-3)18-9-11-7-12(17)6-10-4-5-20-15(10)11/h6-7,13-14,18H,4-5,8-9H2,1-3H3. The molecule has 0 radical (unpaired) electrons. The molecular formula is C16H22ClNO2. The van der Waals surface area contributed by atoms with Gasteiger partial charge in [0.2, 0.25) is 0 Å². The van der Waals surface area contributed by atoms with Crippen LogP contribution in [-0.4, -0.2) is 25.9 Å². The van der Waals surface area contributed by atoms with E-state index < -0.39 is 0 Å². The number of ether oxygens (including phenoxy) is 2. The molecule has 2 atom stereocenters. The highest BCUT2D eigenvalue weighted by atomic mass is 35.5. The molecule has 1 heterocycles. The second-order valence-corrected chi connectivity index (χ2v) is 6.80. The summed E-state index contributed by atoms with van der Waals surface area (Å²) in [6.45, 7) is 6.07. The van der Waals surface area contributed by atoms with Gasteiger partial charge >= 0.3 is 0 Å². The lowest BCUT2D eigenvalue weighted by atomic mass is 9.64. The van der Waals surface area contributed by atoms with E-state index in [4.69, 9.17) is 21.1 Å². The van der Waals surface area contributed by atoms with Gasteiger partial charge in [-0.05, 0) is 24.1 Å². The zero-order valence-corrected chi connectivity index (χ0v) is 13.1. The maximum Gasteiger partial charge on any atom is 0.127 e. The van der Waals surface area contributed by atoms with Crippen molar-refractivity contribution in [3.05, 3.63) is 28.3 Å². The van der Waals surface area contributed by atoms with E-state index in [1.54, 1.807) is 7.11 Å². The van der Waals surface area contributed by atoms with Gasteiger partial charge in [-0.25, -0.2) is 0 Å². The molecule has 1 aromatic rings. The Labute approximate surface area is 125 Å². The number of hydrogen-bond donors (Lipinski definition) is 1. The molecule has 4 heteroatoms. The van der Waals surface area contributed by atoms with Gasteiger partial charge in [-0.2, -0.15) is 0 Å². The summed E-state index contributed by atoms with van der Waals surface area (Å²) in [6.07, 6.45) is 2.37. The molecule has 1 saturated carbocycles. The van der Waals surface area contributed by atoms with Crippen LogP contribution < -0.4 is 10.1 Å². The maximum absolute atomic E-state index is 6.19. The van der Waals surface area contributed by atoms with E-state index in [0.29, 0.717) is 12.1 Å². The van der Waals surface area contributed by atoms with Crippen LogP contribution in [0.2, 0.25) is 5.02 Å². The van der Waals surface area contributed by atoms with Crippen molar-refractivity contribution < 1.29 is 9.47 Å². The number of fused-ring (bicyclic) bond motifs is 1. The molecule has 110 valence electrons. The third kappa shape index (κ3) is 2.32. The topological polar surface area (TPSA) is 30.5 Å². The monoisotopic (exact) mass is 295 g/mol. The summed E-state index contributed by atoms with van der Waals surface area (Å²) in [4.78, 5) is 0. The normalized spacial score (nSPS) is 26.8. The first kappa shape index (κ1) is 14.2. The van der Waals surface area contributed by atoms with Crippen molar-refractivity contribution in [1.29, 1.82) is 0 Å². The molecule has 3 rings (SSSR count). The fourth-order valence-corrected chi connectivity index (χ4v) is 3.61. The maximum atomic E-state index is 6.19.